The van der Waals surface area contributed by atoms with Crippen molar-refractivity contribution in [1.82, 2.24) is 14.0 Å². The van der Waals surface area contributed by atoms with Crippen LogP contribution in [0.2, 0.25) is 0 Å². The second-order valence-electron chi connectivity index (χ2n) is 5.98. The molecule has 0 unspecified atom stereocenters. The molecule has 0 aliphatic carbocycles. The number of hydrogen-bond acceptors (Lipinski definition) is 3. The minimum absolute atomic E-state index is 0.143. The maximum Gasteiger partial charge on any atom is 0.257 e. The van der Waals surface area contributed by atoms with E-state index in [1.807, 2.05) is 83.1 Å². The molecule has 1 N–H and O–H groups in total. The Morgan fingerprint density at radius 2 is 2.00 bits per heavy atom. The Labute approximate surface area is 150 Å². The summed E-state index contributed by atoms with van der Waals surface area (Å²) in [7, 11) is 1.93. The fraction of sp³-hybridized carbons (Fsp3) is 0.100. The van der Waals surface area contributed by atoms with Gasteiger partial charge in [-0.25, -0.2) is 4.98 Å². The third-order valence-electron chi connectivity index (χ3n) is 4.17. The van der Waals surface area contributed by atoms with Gasteiger partial charge in [0, 0.05) is 43.0 Å². The SMILES string of the molecule is Cn1ccnc1COc1ccc(NC(=O)c2cc3ccccn3c2)cc1. The number of rotatable bonds is 5. The van der Waals surface area contributed by atoms with Gasteiger partial charge >= 0.3 is 0 Å². The topological polar surface area (TPSA) is 60.6 Å². The number of anilines is 1. The quantitative estimate of drug-likeness (QED) is 0.602. The lowest BCUT2D eigenvalue weighted by molar-refractivity contribution is 0.102. The highest BCUT2D eigenvalue weighted by Gasteiger charge is 2.09. The van der Waals surface area contributed by atoms with Crippen molar-refractivity contribution in [1.29, 1.82) is 0 Å². The fourth-order valence-electron chi connectivity index (χ4n) is 2.70. The highest BCUT2D eigenvalue weighted by Crippen LogP contribution is 2.18. The number of carbonyl (C=O) groups excluding carboxylic acids is 1. The van der Waals surface area contributed by atoms with E-state index in [9.17, 15) is 4.79 Å². The van der Waals surface area contributed by atoms with E-state index >= 15 is 0 Å². The van der Waals surface area contributed by atoms with Gasteiger partial charge in [0.25, 0.3) is 5.91 Å². The zero-order chi connectivity index (χ0) is 17.9. The van der Waals surface area contributed by atoms with Crippen LogP contribution in [0.3, 0.4) is 0 Å². The molecule has 130 valence electrons. The van der Waals surface area contributed by atoms with E-state index in [1.54, 1.807) is 6.20 Å². The van der Waals surface area contributed by atoms with Gasteiger partial charge in [0.2, 0.25) is 0 Å². The lowest BCUT2D eigenvalue weighted by atomic mass is 10.2. The van der Waals surface area contributed by atoms with E-state index in [-0.39, 0.29) is 5.91 Å². The molecule has 6 nitrogen and oxygen atoms in total. The van der Waals surface area contributed by atoms with Gasteiger partial charge < -0.3 is 19.0 Å². The molecule has 0 bridgehead atoms. The van der Waals surface area contributed by atoms with Crippen molar-refractivity contribution >= 4 is 17.1 Å². The third-order valence-corrected chi connectivity index (χ3v) is 4.17. The summed E-state index contributed by atoms with van der Waals surface area (Å²) in [6, 6.07) is 15.0. The minimum atomic E-state index is -0.143. The lowest BCUT2D eigenvalue weighted by Crippen LogP contribution is -2.10. The molecule has 1 aromatic carbocycles. The maximum absolute atomic E-state index is 12.4. The highest BCUT2D eigenvalue weighted by atomic mass is 16.5. The molecule has 26 heavy (non-hydrogen) atoms. The van der Waals surface area contributed by atoms with Gasteiger partial charge in [-0.1, -0.05) is 6.07 Å². The zero-order valence-corrected chi connectivity index (χ0v) is 14.3. The first-order valence-corrected chi connectivity index (χ1v) is 8.26. The molecule has 0 spiro atoms. The molecular weight excluding hydrogens is 328 g/mol. The predicted octanol–water partition coefficient (Wildman–Crippen LogP) is 3.50. The van der Waals surface area contributed by atoms with Gasteiger partial charge in [-0.05, 0) is 42.5 Å². The summed E-state index contributed by atoms with van der Waals surface area (Å²) in [5.74, 6) is 1.43. The van der Waals surface area contributed by atoms with Crippen LogP contribution in [0.25, 0.3) is 5.52 Å². The molecule has 0 radical (unpaired) electrons. The zero-order valence-electron chi connectivity index (χ0n) is 14.3. The van der Waals surface area contributed by atoms with Gasteiger partial charge in [-0.3, -0.25) is 4.79 Å². The Bertz CT molecular complexity index is 1010. The average molecular weight is 346 g/mol. The number of pyridine rings is 1. The number of aromatic nitrogens is 3. The summed E-state index contributed by atoms with van der Waals surface area (Å²) in [5.41, 5.74) is 2.32. The number of benzene rings is 1. The van der Waals surface area contributed by atoms with Gasteiger partial charge in [-0.15, -0.1) is 0 Å². The van der Waals surface area contributed by atoms with Crippen LogP contribution in [-0.4, -0.2) is 19.9 Å². The number of nitrogens with zero attached hydrogens (tertiary/aromatic N) is 3. The molecule has 4 aromatic rings. The van der Waals surface area contributed by atoms with E-state index in [1.165, 1.54) is 0 Å². The molecule has 0 saturated carbocycles. The second-order valence-corrected chi connectivity index (χ2v) is 5.98. The van der Waals surface area contributed by atoms with Crippen LogP contribution >= 0.6 is 0 Å². The van der Waals surface area contributed by atoms with Crippen LogP contribution in [0.5, 0.6) is 5.75 Å². The maximum atomic E-state index is 12.4. The van der Waals surface area contributed by atoms with Gasteiger partial charge in [0.1, 0.15) is 18.2 Å². The number of amides is 1. The molecule has 0 aliphatic rings. The Balaban J connectivity index is 1.40. The van der Waals surface area contributed by atoms with Gasteiger partial charge in [0.05, 0.1) is 5.56 Å². The van der Waals surface area contributed by atoms with Crippen LogP contribution < -0.4 is 10.1 Å². The number of hydrogen-bond donors (Lipinski definition) is 1. The average Bonchev–Trinajstić information content (AvgIpc) is 3.27. The summed E-state index contributed by atoms with van der Waals surface area (Å²) in [6.07, 6.45) is 7.35. The van der Waals surface area contributed by atoms with E-state index in [4.69, 9.17) is 4.74 Å². The molecule has 4 rings (SSSR count). The van der Waals surface area contributed by atoms with Crippen LogP contribution in [0.4, 0.5) is 5.69 Å². The number of nitrogens with one attached hydrogen (secondary N) is 1. The monoisotopic (exact) mass is 346 g/mol. The molecule has 6 heteroatoms. The fourth-order valence-corrected chi connectivity index (χ4v) is 2.70. The van der Waals surface area contributed by atoms with Crippen LogP contribution in [0.15, 0.2) is 73.3 Å². The van der Waals surface area contributed by atoms with Crippen LogP contribution in [0, 0.1) is 0 Å². The number of imidazole rings is 1. The Morgan fingerprint density at radius 3 is 2.73 bits per heavy atom. The summed E-state index contributed by atoms with van der Waals surface area (Å²) >= 11 is 0. The van der Waals surface area contributed by atoms with E-state index < -0.39 is 0 Å². The Kier molecular flexibility index (Phi) is 4.15. The highest BCUT2D eigenvalue weighted by molar-refractivity contribution is 6.05. The lowest BCUT2D eigenvalue weighted by Gasteiger charge is -2.08. The number of aryl methyl sites for hydroxylation is 1. The van der Waals surface area contributed by atoms with Crippen LogP contribution in [0.1, 0.15) is 16.2 Å². The molecule has 3 heterocycles. The summed E-state index contributed by atoms with van der Waals surface area (Å²) in [4.78, 5) is 16.6. The van der Waals surface area contributed by atoms with Crippen molar-refractivity contribution in [2.24, 2.45) is 7.05 Å². The van der Waals surface area contributed by atoms with Crippen molar-refractivity contribution in [3.63, 3.8) is 0 Å². The standard InChI is InChI=1S/C20H18N4O2/c1-23-11-9-21-19(23)14-26-18-7-5-16(6-8-18)22-20(25)15-12-17-4-2-3-10-24(17)13-15/h2-13H,14H2,1H3,(H,22,25). The van der Waals surface area contributed by atoms with Gasteiger partial charge in [-0.2, -0.15) is 0 Å². The van der Waals surface area contributed by atoms with Crippen molar-refractivity contribution in [3.05, 3.63) is 84.7 Å². The van der Waals surface area contributed by atoms with Gasteiger partial charge in [0.15, 0.2) is 0 Å². The van der Waals surface area contributed by atoms with Crippen molar-refractivity contribution in [2.45, 2.75) is 6.61 Å². The van der Waals surface area contributed by atoms with Crippen molar-refractivity contribution < 1.29 is 9.53 Å². The van der Waals surface area contributed by atoms with E-state index in [0.29, 0.717) is 12.2 Å². The first-order valence-electron chi connectivity index (χ1n) is 8.26. The summed E-state index contributed by atoms with van der Waals surface area (Å²) in [5, 5.41) is 2.90. The molecule has 1 amide bonds. The first-order chi connectivity index (χ1) is 12.7. The van der Waals surface area contributed by atoms with Crippen LogP contribution in [-0.2, 0) is 13.7 Å². The van der Waals surface area contributed by atoms with E-state index in [0.717, 1.165) is 22.8 Å². The molecule has 0 atom stereocenters. The molecule has 3 aromatic heterocycles. The number of ether oxygens (including phenoxy) is 1. The first kappa shape index (κ1) is 16.0. The third kappa shape index (κ3) is 3.30. The normalized spacial score (nSPS) is 10.8. The predicted molar refractivity (Wildman–Crippen MR) is 99.3 cm³/mol. The molecular formula is C20H18N4O2. The second kappa shape index (κ2) is 6.76. The number of carbonyl (C=O) groups is 1. The molecule has 0 aliphatic heterocycles. The van der Waals surface area contributed by atoms with Crippen molar-refractivity contribution in [2.75, 3.05) is 5.32 Å². The van der Waals surface area contributed by atoms with E-state index in [2.05, 4.69) is 10.3 Å². The molecule has 0 saturated heterocycles. The smallest absolute Gasteiger partial charge is 0.257 e. The Morgan fingerprint density at radius 1 is 1.15 bits per heavy atom. The largest absolute Gasteiger partial charge is 0.486 e. The molecule has 0 fully saturated rings. The van der Waals surface area contributed by atoms with Crippen molar-refractivity contribution in [3.8, 4) is 5.75 Å². The minimum Gasteiger partial charge on any atom is -0.486 e. The number of fused-ring (bicyclic) bond motifs is 1. The summed E-state index contributed by atoms with van der Waals surface area (Å²) < 4.78 is 9.55. The Hall–Kier alpha value is -3.54. The summed E-state index contributed by atoms with van der Waals surface area (Å²) in [6.45, 7) is 0.395.